The first-order valence-electron chi connectivity index (χ1n) is 6.58. The molecule has 1 N–H and O–H groups in total. The lowest BCUT2D eigenvalue weighted by molar-refractivity contribution is 0.201. The van der Waals surface area contributed by atoms with Crippen molar-refractivity contribution in [1.29, 1.82) is 0 Å². The van der Waals surface area contributed by atoms with Crippen LogP contribution in [0.5, 0.6) is 0 Å². The van der Waals surface area contributed by atoms with Crippen LogP contribution in [0, 0.1) is 0 Å². The normalized spacial score (nSPS) is 10.5. The largest absolute Gasteiger partial charge is 0.465 e. The van der Waals surface area contributed by atoms with Crippen LogP contribution in [-0.4, -0.2) is 36.4 Å². The average Bonchev–Trinajstić information content (AvgIpc) is 3.08. The van der Waals surface area contributed by atoms with E-state index < -0.39 is 6.09 Å². The predicted molar refractivity (Wildman–Crippen MR) is 85.3 cm³/mol. The van der Waals surface area contributed by atoms with E-state index in [9.17, 15) is 9.90 Å². The van der Waals surface area contributed by atoms with Gasteiger partial charge >= 0.3 is 6.09 Å². The summed E-state index contributed by atoms with van der Waals surface area (Å²) in [5.41, 5.74) is 1.55. The maximum atomic E-state index is 11.5. The summed E-state index contributed by atoms with van der Waals surface area (Å²) < 4.78 is 2.29. The second-order valence-electron chi connectivity index (χ2n) is 4.63. The molecule has 0 radical (unpaired) electrons. The number of carboxylic acid groups (broad SMARTS) is 1. The lowest BCUT2D eigenvalue weighted by atomic mass is 10.2. The van der Waals surface area contributed by atoms with Crippen LogP contribution < -0.4 is 4.90 Å². The molecule has 1 aromatic carbocycles. The zero-order valence-electron chi connectivity index (χ0n) is 11.7. The Balaban J connectivity index is 1.87. The summed E-state index contributed by atoms with van der Waals surface area (Å²) in [4.78, 5) is 16.8. The van der Waals surface area contributed by atoms with Gasteiger partial charge < -0.3 is 5.11 Å². The maximum Gasteiger partial charge on any atom is 0.413 e. The van der Waals surface area contributed by atoms with Crippen molar-refractivity contribution in [2.75, 3.05) is 4.90 Å². The highest BCUT2D eigenvalue weighted by molar-refractivity contribution is 9.10. The lowest BCUT2D eigenvalue weighted by Gasteiger charge is -2.18. The van der Waals surface area contributed by atoms with Gasteiger partial charge in [-0.1, -0.05) is 12.1 Å². The summed E-state index contributed by atoms with van der Waals surface area (Å²) in [5.74, 6) is 0.355. The number of aromatic nitrogens is 5. The standard InChI is InChI=1S/C14H11BrN6O2/c15-11-4-5-13(16-7-11)20(14(22)23)8-10-2-1-3-12(6-10)21-9-17-18-19-21/h1-7,9H,8H2,(H,22,23). The quantitative estimate of drug-likeness (QED) is 0.753. The van der Waals surface area contributed by atoms with E-state index in [1.165, 1.54) is 15.9 Å². The number of halogens is 1. The molecular weight excluding hydrogens is 364 g/mol. The predicted octanol–water partition coefficient (Wildman–Crippen LogP) is 2.50. The molecular formula is C14H11BrN6O2. The van der Waals surface area contributed by atoms with Gasteiger partial charge in [0.2, 0.25) is 0 Å². The van der Waals surface area contributed by atoms with Gasteiger partial charge in [0.05, 0.1) is 12.2 Å². The Bertz CT molecular complexity index is 806. The van der Waals surface area contributed by atoms with Crippen molar-refractivity contribution >= 4 is 27.8 Å². The van der Waals surface area contributed by atoms with E-state index in [4.69, 9.17) is 0 Å². The molecule has 0 unspecified atom stereocenters. The second-order valence-corrected chi connectivity index (χ2v) is 5.54. The fourth-order valence-corrected chi connectivity index (χ4v) is 2.27. The Labute approximate surface area is 139 Å². The van der Waals surface area contributed by atoms with Crippen LogP contribution in [0.1, 0.15) is 5.56 Å². The second kappa shape index (κ2) is 6.53. The Kier molecular flexibility index (Phi) is 4.29. The van der Waals surface area contributed by atoms with Crippen LogP contribution in [0.3, 0.4) is 0 Å². The molecule has 8 nitrogen and oxygen atoms in total. The molecule has 0 aliphatic heterocycles. The molecule has 1 amide bonds. The zero-order chi connectivity index (χ0) is 16.2. The summed E-state index contributed by atoms with van der Waals surface area (Å²) in [6.45, 7) is 0.167. The fourth-order valence-electron chi connectivity index (χ4n) is 2.03. The van der Waals surface area contributed by atoms with Gasteiger partial charge in [-0.25, -0.2) is 14.5 Å². The molecule has 0 fully saturated rings. The van der Waals surface area contributed by atoms with Crippen LogP contribution in [0.15, 0.2) is 53.4 Å². The van der Waals surface area contributed by atoms with Crippen LogP contribution in [0.4, 0.5) is 10.6 Å². The van der Waals surface area contributed by atoms with Gasteiger partial charge in [-0.15, -0.1) is 5.10 Å². The van der Waals surface area contributed by atoms with Crippen molar-refractivity contribution in [3.8, 4) is 5.69 Å². The minimum Gasteiger partial charge on any atom is -0.465 e. The zero-order valence-corrected chi connectivity index (χ0v) is 13.3. The third kappa shape index (κ3) is 3.51. The smallest absolute Gasteiger partial charge is 0.413 e. The number of nitrogens with zero attached hydrogens (tertiary/aromatic N) is 6. The lowest BCUT2D eigenvalue weighted by Crippen LogP contribution is -2.29. The number of hydrogen-bond donors (Lipinski definition) is 1. The number of anilines is 1. The van der Waals surface area contributed by atoms with E-state index in [1.54, 1.807) is 18.3 Å². The minimum atomic E-state index is -1.08. The Morgan fingerprint density at radius 2 is 2.17 bits per heavy atom. The fraction of sp³-hybridized carbons (Fsp3) is 0.0714. The molecule has 23 heavy (non-hydrogen) atoms. The molecule has 0 aliphatic rings. The van der Waals surface area contributed by atoms with Gasteiger partial charge in [0.25, 0.3) is 0 Å². The van der Waals surface area contributed by atoms with E-state index in [0.717, 1.165) is 15.7 Å². The molecule has 0 aliphatic carbocycles. The van der Waals surface area contributed by atoms with Gasteiger partial charge in [0, 0.05) is 10.7 Å². The first-order chi connectivity index (χ1) is 11.1. The number of hydrogen-bond acceptors (Lipinski definition) is 5. The topological polar surface area (TPSA) is 97.0 Å². The van der Waals surface area contributed by atoms with Crippen molar-refractivity contribution in [3.05, 3.63) is 59.0 Å². The van der Waals surface area contributed by atoms with Crippen LogP contribution in [-0.2, 0) is 6.54 Å². The highest BCUT2D eigenvalue weighted by Gasteiger charge is 2.16. The van der Waals surface area contributed by atoms with Crippen molar-refractivity contribution in [2.45, 2.75) is 6.54 Å². The molecule has 0 saturated heterocycles. The number of rotatable bonds is 4. The van der Waals surface area contributed by atoms with Crippen molar-refractivity contribution in [2.24, 2.45) is 0 Å². The molecule has 0 saturated carbocycles. The number of benzene rings is 1. The Morgan fingerprint density at radius 1 is 1.30 bits per heavy atom. The monoisotopic (exact) mass is 374 g/mol. The van der Waals surface area contributed by atoms with Gasteiger partial charge in [-0.2, -0.15) is 0 Å². The number of carbonyl (C=O) groups is 1. The van der Waals surface area contributed by atoms with E-state index in [1.807, 2.05) is 24.3 Å². The Morgan fingerprint density at radius 3 is 2.83 bits per heavy atom. The summed E-state index contributed by atoms with van der Waals surface area (Å²) in [7, 11) is 0. The molecule has 2 heterocycles. The van der Waals surface area contributed by atoms with Gasteiger partial charge in [0.15, 0.2) is 0 Å². The van der Waals surface area contributed by atoms with Gasteiger partial charge in [-0.05, 0) is 56.2 Å². The van der Waals surface area contributed by atoms with E-state index in [-0.39, 0.29) is 6.54 Å². The SMILES string of the molecule is O=C(O)N(Cc1cccc(-n2cnnn2)c1)c1ccc(Br)cn1. The summed E-state index contributed by atoms with van der Waals surface area (Å²) in [5, 5.41) is 20.4. The Hall–Kier alpha value is -2.81. The average molecular weight is 375 g/mol. The van der Waals surface area contributed by atoms with Crippen molar-refractivity contribution < 1.29 is 9.90 Å². The van der Waals surface area contributed by atoms with Crippen LogP contribution in [0.2, 0.25) is 0 Å². The minimum absolute atomic E-state index is 0.167. The molecule has 3 rings (SSSR count). The molecule has 116 valence electrons. The molecule has 0 bridgehead atoms. The number of pyridine rings is 1. The first-order valence-corrected chi connectivity index (χ1v) is 7.37. The molecule has 9 heteroatoms. The van der Waals surface area contributed by atoms with Crippen molar-refractivity contribution in [3.63, 3.8) is 0 Å². The molecule has 0 atom stereocenters. The highest BCUT2D eigenvalue weighted by Crippen LogP contribution is 2.18. The number of tetrazole rings is 1. The van der Waals surface area contributed by atoms with Gasteiger partial charge in [-0.3, -0.25) is 4.90 Å². The van der Waals surface area contributed by atoms with Crippen LogP contribution in [0.25, 0.3) is 5.69 Å². The van der Waals surface area contributed by atoms with Crippen LogP contribution >= 0.6 is 15.9 Å². The summed E-state index contributed by atoms with van der Waals surface area (Å²) >= 11 is 3.28. The van der Waals surface area contributed by atoms with Crippen molar-refractivity contribution in [1.82, 2.24) is 25.2 Å². The summed E-state index contributed by atoms with van der Waals surface area (Å²) in [6.07, 6.45) is 1.96. The highest BCUT2D eigenvalue weighted by atomic mass is 79.9. The van der Waals surface area contributed by atoms with E-state index in [0.29, 0.717) is 5.82 Å². The van der Waals surface area contributed by atoms with Gasteiger partial charge in [0.1, 0.15) is 12.1 Å². The first kappa shape index (κ1) is 15.1. The maximum absolute atomic E-state index is 11.5. The number of amides is 1. The third-order valence-corrected chi connectivity index (χ3v) is 3.55. The molecule has 2 aromatic heterocycles. The molecule has 0 spiro atoms. The molecule has 3 aromatic rings. The van der Waals surface area contributed by atoms with E-state index in [2.05, 4.69) is 36.4 Å². The third-order valence-electron chi connectivity index (χ3n) is 3.08. The van der Waals surface area contributed by atoms with E-state index >= 15 is 0 Å². The summed E-state index contributed by atoms with van der Waals surface area (Å²) in [6, 6.07) is 10.7.